The van der Waals surface area contributed by atoms with Crippen LogP contribution in [0.3, 0.4) is 0 Å². The lowest BCUT2D eigenvalue weighted by molar-refractivity contribution is -0.142. The summed E-state index contributed by atoms with van der Waals surface area (Å²) in [6.45, 7) is -0.903. The summed E-state index contributed by atoms with van der Waals surface area (Å²) in [4.78, 5) is 11.6. The highest BCUT2D eigenvalue weighted by Gasteiger charge is 2.28. The van der Waals surface area contributed by atoms with Crippen LogP contribution in [0.5, 0.6) is 5.75 Å². The highest BCUT2D eigenvalue weighted by atomic mass is 19.4. The minimum Gasteiger partial charge on any atom is -0.508 e. The molecule has 0 unspecified atom stereocenters. The van der Waals surface area contributed by atoms with Gasteiger partial charge in [0.15, 0.2) is 0 Å². The lowest BCUT2D eigenvalue weighted by Crippen LogP contribution is -2.30. The van der Waals surface area contributed by atoms with E-state index in [1.165, 1.54) is 0 Å². The number of nitrogens with one attached hydrogen (secondary N) is 2. The first-order valence-electron chi connectivity index (χ1n) is 6.74. The van der Waals surface area contributed by atoms with Crippen molar-refractivity contribution in [3.8, 4) is 5.75 Å². The quantitative estimate of drug-likeness (QED) is 0.789. The van der Waals surface area contributed by atoms with Gasteiger partial charge in [-0.3, -0.25) is 4.68 Å². The van der Waals surface area contributed by atoms with Gasteiger partial charge < -0.3 is 15.7 Å². The van der Waals surface area contributed by atoms with E-state index in [9.17, 15) is 23.1 Å². The summed E-state index contributed by atoms with van der Waals surface area (Å²) in [5.74, 6) is 0.143. The molecule has 2 amide bonds. The number of carbonyl (C=O) groups excluding carboxylic acids is 1. The maximum Gasteiger partial charge on any atom is 0.408 e. The Kier molecular flexibility index (Phi) is 5.09. The fraction of sp³-hybridized carbons (Fsp3) is 0.286. The Bertz CT molecular complexity index is 670. The van der Waals surface area contributed by atoms with Gasteiger partial charge in [-0.05, 0) is 24.1 Å². The van der Waals surface area contributed by atoms with E-state index < -0.39 is 18.8 Å². The molecular formula is C14H15F3N4O2. The van der Waals surface area contributed by atoms with Gasteiger partial charge in [0.05, 0.1) is 11.9 Å². The highest BCUT2D eigenvalue weighted by molar-refractivity contribution is 5.88. The van der Waals surface area contributed by atoms with Gasteiger partial charge in [0.25, 0.3) is 0 Å². The van der Waals surface area contributed by atoms with Gasteiger partial charge in [-0.25, -0.2) is 4.79 Å². The SMILES string of the molecule is O=C(NCCc1cccc(O)c1)Nc1cnn(CC(F)(F)F)c1. The Hall–Kier alpha value is -2.71. The van der Waals surface area contributed by atoms with Crippen molar-refractivity contribution in [3.63, 3.8) is 0 Å². The highest BCUT2D eigenvalue weighted by Crippen LogP contribution is 2.18. The average Bonchev–Trinajstić information content (AvgIpc) is 2.83. The number of aromatic hydroxyl groups is 1. The van der Waals surface area contributed by atoms with Crippen LogP contribution in [0.25, 0.3) is 0 Å². The van der Waals surface area contributed by atoms with Crippen LogP contribution in [0.15, 0.2) is 36.7 Å². The van der Waals surface area contributed by atoms with Crippen molar-refractivity contribution < 1.29 is 23.1 Å². The molecule has 124 valence electrons. The number of phenolic OH excluding ortho intramolecular Hbond substituents is 1. The molecule has 0 fully saturated rings. The normalized spacial score (nSPS) is 11.3. The van der Waals surface area contributed by atoms with E-state index in [0.717, 1.165) is 18.0 Å². The van der Waals surface area contributed by atoms with E-state index in [4.69, 9.17) is 0 Å². The first-order valence-corrected chi connectivity index (χ1v) is 6.74. The Morgan fingerprint density at radius 2 is 2.13 bits per heavy atom. The molecule has 9 heteroatoms. The Morgan fingerprint density at radius 3 is 2.83 bits per heavy atom. The summed E-state index contributed by atoms with van der Waals surface area (Å²) in [6.07, 6.45) is -1.62. The molecule has 0 aliphatic rings. The number of nitrogens with zero attached hydrogens (tertiary/aromatic N) is 2. The topological polar surface area (TPSA) is 79.2 Å². The zero-order chi connectivity index (χ0) is 16.9. The maximum absolute atomic E-state index is 12.2. The number of benzene rings is 1. The number of amides is 2. The second kappa shape index (κ2) is 7.03. The third-order valence-corrected chi connectivity index (χ3v) is 2.84. The van der Waals surface area contributed by atoms with Crippen molar-refractivity contribution in [2.45, 2.75) is 19.1 Å². The number of rotatable bonds is 5. The molecule has 0 spiro atoms. The van der Waals surface area contributed by atoms with Gasteiger partial charge in [0.2, 0.25) is 0 Å². The molecule has 1 aromatic heterocycles. The Labute approximate surface area is 129 Å². The number of urea groups is 1. The monoisotopic (exact) mass is 328 g/mol. The first-order chi connectivity index (χ1) is 10.8. The standard InChI is InChI=1S/C14H15F3N4O2/c15-14(16,17)9-21-8-11(7-19-21)20-13(23)18-5-4-10-2-1-3-12(22)6-10/h1-3,6-8,22H,4-5,9H2,(H2,18,20,23). The van der Waals surface area contributed by atoms with Crippen molar-refractivity contribution in [2.24, 2.45) is 0 Å². The molecule has 0 atom stereocenters. The zero-order valence-electron chi connectivity index (χ0n) is 12.0. The molecule has 1 heterocycles. The summed E-state index contributed by atoms with van der Waals surface area (Å²) in [6, 6.07) is 6.08. The van der Waals surface area contributed by atoms with Crippen LogP contribution in [-0.4, -0.2) is 33.6 Å². The van der Waals surface area contributed by atoms with Crippen molar-refractivity contribution in [3.05, 3.63) is 42.2 Å². The second-order valence-electron chi connectivity index (χ2n) is 4.84. The minimum atomic E-state index is -4.37. The van der Waals surface area contributed by atoms with Gasteiger partial charge in [0, 0.05) is 12.7 Å². The van der Waals surface area contributed by atoms with Crippen LogP contribution in [0, 0.1) is 0 Å². The van der Waals surface area contributed by atoms with Gasteiger partial charge in [0.1, 0.15) is 12.3 Å². The average molecular weight is 328 g/mol. The first kappa shape index (κ1) is 16.7. The number of aromatic nitrogens is 2. The number of carbonyl (C=O) groups is 1. The number of phenols is 1. The molecule has 3 N–H and O–H groups in total. The molecule has 2 aromatic rings. The minimum absolute atomic E-state index is 0.143. The van der Waals surface area contributed by atoms with Crippen LogP contribution in [-0.2, 0) is 13.0 Å². The largest absolute Gasteiger partial charge is 0.508 e. The lowest BCUT2D eigenvalue weighted by Gasteiger charge is -2.07. The van der Waals surface area contributed by atoms with Gasteiger partial charge >= 0.3 is 12.2 Å². The molecule has 0 aliphatic heterocycles. The molecule has 6 nitrogen and oxygen atoms in total. The third kappa shape index (κ3) is 5.89. The van der Waals surface area contributed by atoms with Gasteiger partial charge in [-0.15, -0.1) is 0 Å². The van der Waals surface area contributed by atoms with Crippen LogP contribution in [0.4, 0.5) is 23.7 Å². The predicted octanol–water partition coefficient (Wildman–Crippen LogP) is 2.52. The van der Waals surface area contributed by atoms with Crippen LogP contribution in [0.2, 0.25) is 0 Å². The summed E-state index contributed by atoms with van der Waals surface area (Å²) >= 11 is 0. The molecule has 0 saturated carbocycles. The number of halogens is 3. The summed E-state index contributed by atoms with van der Waals surface area (Å²) in [7, 11) is 0. The molecule has 0 aliphatic carbocycles. The lowest BCUT2D eigenvalue weighted by atomic mass is 10.1. The maximum atomic E-state index is 12.2. The number of anilines is 1. The van der Waals surface area contributed by atoms with Gasteiger partial charge in [-0.2, -0.15) is 18.3 Å². The van der Waals surface area contributed by atoms with E-state index in [-0.39, 0.29) is 11.4 Å². The van der Waals surface area contributed by atoms with E-state index in [2.05, 4.69) is 15.7 Å². The molecule has 0 bridgehead atoms. The van der Waals surface area contributed by atoms with E-state index in [0.29, 0.717) is 17.6 Å². The Morgan fingerprint density at radius 1 is 1.35 bits per heavy atom. The molecule has 0 saturated heterocycles. The van der Waals surface area contributed by atoms with Gasteiger partial charge in [-0.1, -0.05) is 12.1 Å². The van der Waals surface area contributed by atoms with Crippen molar-refractivity contribution >= 4 is 11.7 Å². The fourth-order valence-electron chi connectivity index (χ4n) is 1.91. The van der Waals surface area contributed by atoms with Crippen molar-refractivity contribution in [1.29, 1.82) is 0 Å². The molecule has 1 aromatic carbocycles. The predicted molar refractivity (Wildman–Crippen MR) is 77.1 cm³/mol. The second-order valence-corrected chi connectivity index (χ2v) is 4.84. The fourth-order valence-corrected chi connectivity index (χ4v) is 1.91. The van der Waals surface area contributed by atoms with Crippen molar-refractivity contribution in [2.75, 3.05) is 11.9 Å². The smallest absolute Gasteiger partial charge is 0.408 e. The molecule has 2 rings (SSSR count). The Balaban J connectivity index is 1.76. The van der Waals surface area contributed by atoms with Crippen LogP contribution >= 0.6 is 0 Å². The summed E-state index contributed by atoms with van der Waals surface area (Å²) < 4.78 is 37.3. The van der Waals surface area contributed by atoms with E-state index in [1.807, 2.05) is 0 Å². The zero-order valence-corrected chi connectivity index (χ0v) is 12.0. The molecule has 23 heavy (non-hydrogen) atoms. The summed E-state index contributed by atoms with van der Waals surface area (Å²) in [5, 5.41) is 17.8. The van der Waals surface area contributed by atoms with Crippen LogP contribution in [0.1, 0.15) is 5.56 Å². The van der Waals surface area contributed by atoms with Crippen molar-refractivity contribution in [1.82, 2.24) is 15.1 Å². The molecule has 0 radical (unpaired) electrons. The van der Waals surface area contributed by atoms with E-state index in [1.54, 1.807) is 24.3 Å². The van der Waals surface area contributed by atoms with Crippen LogP contribution < -0.4 is 10.6 Å². The number of hydrogen-bond acceptors (Lipinski definition) is 3. The van der Waals surface area contributed by atoms with E-state index >= 15 is 0 Å². The number of alkyl halides is 3. The summed E-state index contributed by atoms with van der Waals surface area (Å²) in [5.41, 5.74) is 1.02. The molecular weight excluding hydrogens is 313 g/mol. The number of hydrogen-bond donors (Lipinski definition) is 3. The third-order valence-electron chi connectivity index (χ3n) is 2.84.